The van der Waals surface area contributed by atoms with Gasteiger partial charge in [0.2, 0.25) is 0 Å². The Bertz CT molecular complexity index is 371. The number of halogens is 2. The second-order valence-corrected chi connectivity index (χ2v) is 3.11. The van der Waals surface area contributed by atoms with Crippen LogP contribution in [0.15, 0.2) is 24.3 Å². The van der Waals surface area contributed by atoms with E-state index < -0.39 is 18.6 Å². The Hall–Kier alpha value is -1.85. The van der Waals surface area contributed by atoms with Crippen LogP contribution in [0.2, 0.25) is 0 Å². The molecule has 88 valence electrons. The monoisotopic (exact) mass is 231 g/mol. The van der Waals surface area contributed by atoms with Crippen molar-refractivity contribution in [2.45, 2.75) is 19.6 Å². The number of carboxylic acids is 1. The van der Waals surface area contributed by atoms with Crippen LogP contribution in [0.4, 0.5) is 14.5 Å². The Balaban J connectivity index is 2.70. The van der Waals surface area contributed by atoms with Crippen LogP contribution in [-0.2, 0) is 4.79 Å². The van der Waals surface area contributed by atoms with Crippen molar-refractivity contribution in [1.29, 1.82) is 0 Å². The summed E-state index contributed by atoms with van der Waals surface area (Å²) in [6.07, 6.45) is 0. The summed E-state index contributed by atoms with van der Waals surface area (Å²) in [6, 6.07) is 4.93. The number of rotatable bonds is 5. The zero-order valence-corrected chi connectivity index (χ0v) is 8.48. The summed E-state index contributed by atoms with van der Waals surface area (Å²) in [4.78, 5) is 10.6. The molecule has 16 heavy (non-hydrogen) atoms. The van der Waals surface area contributed by atoms with Gasteiger partial charge in [-0.05, 0) is 19.1 Å². The number of aliphatic carboxylic acids is 1. The van der Waals surface area contributed by atoms with Crippen molar-refractivity contribution < 1.29 is 23.4 Å². The third-order valence-corrected chi connectivity index (χ3v) is 1.81. The van der Waals surface area contributed by atoms with E-state index >= 15 is 0 Å². The highest BCUT2D eigenvalue weighted by Gasteiger charge is 2.11. The molecule has 1 rings (SSSR count). The largest absolute Gasteiger partial charge is 0.480 e. The van der Waals surface area contributed by atoms with Gasteiger partial charge in [0, 0.05) is 11.8 Å². The van der Waals surface area contributed by atoms with Crippen molar-refractivity contribution in [3.8, 4) is 5.75 Å². The summed E-state index contributed by atoms with van der Waals surface area (Å²) in [5.41, 5.74) is 0.410. The third-order valence-electron chi connectivity index (χ3n) is 1.81. The van der Waals surface area contributed by atoms with E-state index in [1.165, 1.54) is 25.1 Å². The highest BCUT2D eigenvalue weighted by molar-refractivity contribution is 5.76. The fourth-order valence-corrected chi connectivity index (χ4v) is 1.07. The van der Waals surface area contributed by atoms with E-state index in [-0.39, 0.29) is 5.75 Å². The molecule has 0 aliphatic carbocycles. The van der Waals surface area contributed by atoms with Crippen LogP contribution in [-0.4, -0.2) is 23.7 Å². The van der Waals surface area contributed by atoms with Crippen LogP contribution in [0.25, 0.3) is 0 Å². The molecule has 0 fully saturated rings. The van der Waals surface area contributed by atoms with Gasteiger partial charge >= 0.3 is 12.6 Å². The second kappa shape index (κ2) is 5.29. The predicted octanol–water partition coefficient (Wildman–Crippen LogP) is 2.17. The molecule has 4 nitrogen and oxygen atoms in total. The molecule has 0 saturated heterocycles. The lowest BCUT2D eigenvalue weighted by atomic mass is 10.2. The molecule has 0 aliphatic rings. The summed E-state index contributed by atoms with van der Waals surface area (Å²) >= 11 is 0. The Morgan fingerprint density at radius 3 is 2.75 bits per heavy atom. The second-order valence-electron chi connectivity index (χ2n) is 3.11. The average Bonchev–Trinajstić information content (AvgIpc) is 2.16. The molecule has 0 radical (unpaired) electrons. The Labute approximate surface area is 90.8 Å². The van der Waals surface area contributed by atoms with E-state index in [9.17, 15) is 13.6 Å². The molecule has 6 heteroatoms. The quantitative estimate of drug-likeness (QED) is 0.815. The average molecular weight is 231 g/mol. The van der Waals surface area contributed by atoms with Gasteiger partial charge in [0.15, 0.2) is 0 Å². The van der Waals surface area contributed by atoms with Crippen LogP contribution in [0, 0.1) is 0 Å². The fourth-order valence-electron chi connectivity index (χ4n) is 1.07. The molecule has 0 amide bonds. The first-order valence-electron chi connectivity index (χ1n) is 4.53. The van der Waals surface area contributed by atoms with Crippen LogP contribution in [0.5, 0.6) is 5.75 Å². The number of alkyl halides is 2. The summed E-state index contributed by atoms with van der Waals surface area (Å²) in [5, 5.41) is 11.3. The first kappa shape index (κ1) is 12.2. The SMILES string of the molecule is CC(Nc1cccc(OC(F)F)c1)C(=O)O. The summed E-state index contributed by atoms with van der Waals surface area (Å²) in [6.45, 7) is -1.45. The topological polar surface area (TPSA) is 58.6 Å². The predicted molar refractivity (Wildman–Crippen MR) is 53.8 cm³/mol. The number of benzene rings is 1. The number of ether oxygens (including phenoxy) is 1. The summed E-state index contributed by atoms with van der Waals surface area (Å²) in [5.74, 6) is -1.04. The van der Waals surface area contributed by atoms with E-state index in [1.54, 1.807) is 6.07 Å². The lowest BCUT2D eigenvalue weighted by Gasteiger charge is -2.12. The van der Waals surface area contributed by atoms with E-state index in [0.717, 1.165) is 0 Å². The van der Waals surface area contributed by atoms with Crippen molar-refractivity contribution in [1.82, 2.24) is 0 Å². The Morgan fingerprint density at radius 2 is 2.19 bits per heavy atom. The van der Waals surface area contributed by atoms with Crippen molar-refractivity contribution in [3.05, 3.63) is 24.3 Å². The molecular weight excluding hydrogens is 220 g/mol. The van der Waals surface area contributed by atoms with Gasteiger partial charge < -0.3 is 15.2 Å². The smallest absolute Gasteiger partial charge is 0.387 e. The minimum atomic E-state index is -2.90. The molecule has 0 aromatic heterocycles. The van der Waals surface area contributed by atoms with Crippen LogP contribution in [0.1, 0.15) is 6.92 Å². The van der Waals surface area contributed by atoms with Crippen molar-refractivity contribution in [2.75, 3.05) is 5.32 Å². The van der Waals surface area contributed by atoms with Gasteiger partial charge in [-0.3, -0.25) is 4.79 Å². The maximum absolute atomic E-state index is 11.9. The van der Waals surface area contributed by atoms with Crippen LogP contribution >= 0.6 is 0 Å². The van der Waals surface area contributed by atoms with Gasteiger partial charge in [0.05, 0.1) is 0 Å². The standard InChI is InChI=1S/C10H11F2NO3/c1-6(9(14)15)13-7-3-2-4-8(5-7)16-10(11)12/h2-6,10,13H,1H3,(H,14,15). The van der Waals surface area contributed by atoms with Gasteiger partial charge in [0.25, 0.3) is 0 Å². The molecule has 1 atom stereocenters. The summed E-state index contributed by atoms with van der Waals surface area (Å²) in [7, 11) is 0. The zero-order valence-electron chi connectivity index (χ0n) is 8.48. The molecule has 0 heterocycles. The van der Waals surface area contributed by atoms with Gasteiger partial charge in [-0.2, -0.15) is 8.78 Å². The van der Waals surface area contributed by atoms with Crippen molar-refractivity contribution in [3.63, 3.8) is 0 Å². The normalized spacial score (nSPS) is 12.2. The van der Waals surface area contributed by atoms with Crippen LogP contribution in [0.3, 0.4) is 0 Å². The molecule has 0 spiro atoms. The van der Waals surface area contributed by atoms with Gasteiger partial charge in [-0.1, -0.05) is 6.07 Å². The summed E-state index contributed by atoms with van der Waals surface area (Å²) < 4.78 is 28.0. The van der Waals surface area contributed by atoms with Gasteiger partial charge in [-0.15, -0.1) is 0 Å². The molecule has 2 N–H and O–H groups in total. The molecular formula is C10H11F2NO3. The van der Waals surface area contributed by atoms with Crippen LogP contribution < -0.4 is 10.1 Å². The lowest BCUT2D eigenvalue weighted by molar-refractivity contribution is -0.137. The number of hydrogen-bond donors (Lipinski definition) is 2. The number of anilines is 1. The van der Waals surface area contributed by atoms with Crippen molar-refractivity contribution >= 4 is 11.7 Å². The first-order valence-corrected chi connectivity index (χ1v) is 4.53. The molecule has 1 aromatic carbocycles. The Kier molecular flexibility index (Phi) is 4.04. The van der Waals surface area contributed by atoms with E-state index in [2.05, 4.69) is 10.1 Å². The Morgan fingerprint density at radius 1 is 1.50 bits per heavy atom. The minimum Gasteiger partial charge on any atom is -0.480 e. The number of carbonyl (C=O) groups is 1. The number of hydrogen-bond acceptors (Lipinski definition) is 3. The van der Waals surface area contributed by atoms with E-state index in [1.807, 2.05) is 0 Å². The molecule has 1 aromatic rings. The zero-order chi connectivity index (χ0) is 12.1. The highest BCUT2D eigenvalue weighted by atomic mass is 19.3. The third kappa shape index (κ3) is 3.72. The van der Waals surface area contributed by atoms with E-state index in [0.29, 0.717) is 5.69 Å². The first-order chi connectivity index (χ1) is 7.49. The molecule has 0 saturated carbocycles. The van der Waals surface area contributed by atoms with E-state index in [4.69, 9.17) is 5.11 Å². The number of carboxylic acid groups (broad SMARTS) is 1. The highest BCUT2D eigenvalue weighted by Crippen LogP contribution is 2.19. The molecule has 1 unspecified atom stereocenters. The maximum Gasteiger partial charge on any atom is 0.387 e. The van der Waals surface area contributed by atoms with Crippen molar-refractivity contribution in [2.24, 2.45) is 0 Å². The number of nitrogens with one attached hydrogen (secondary N) is 1. The lowest BCUT2D eigenvalue weighted by Crippen LogP contribution is -2.25. The van der Waals surface area contributed by atoms with Gasteiger partial charge in [-0.25, -0.2) is 0 Å². The molecule has 0 aliphatic heterocycles. The fraction of sp³-hybridized carbons (Fsp3) is 0.300. The molecule has 0 bridgehead atoms. The maximum atomic E-state index is 11.9. The minimum absolute atomic E-state index is 0.0161. The van der Waals surface area contributed by atoms with Gasteiger partial charge in [0.1, 0.15) is 11.8 Å².